The van der Waals surface area contributed by atoms with Crippen LogP contribution < -0.4 is 0 Å². The number of hydrogen-bond donors (Lipinski definition) is 0. The summed E-state index contributed by atoms with van der Waals surface area (Å²) in [6.45, 7) is 8.96. The molecule has 0 saturated heterocycles. The van der Waals surface area contributed by atoms with Gasteiger partial charge < -0.3 is 0 Å². The van der Waals surface area contributed by atoms with Crippen molar-refractivity contribution in [3.05, 3.63) is 11.6 Å². The summed E-state index contributed by atoms with van der Waals surface area (Å²) in [7, 11) is 0. The second-order valence-electron chi connectivity index (χ2n) is 6.25. The smallest absolute Gasteiger partial charge is 0.158 e. The van der Waals surface area contributed by atoms with Gasteiger partial charge in [-0.1, -0.05) is 26.8 Å². The monoisotopic (exact) mass is 220 g/mol. The van der Waals surface area contributed by atoms with E-state index in [1.54, 1.807) is 0 Å². The van der Waals surface area contributed by atoms with Crippen LogP contribution in [-0.2, 0) is 4.79 Å². The zero-order chi connectivity index (χ0) is 11.9. The fourth-order valence-electron chi connectivity index (χ4n) is 3.99. The zero-order valence-electron chi connectivity index (χ0n) is 11.0. The van der Waals surface area contributed by atoms with Crippen molar-refractivity contribution >= 4 is 5.78 Å². The van der Waals surface area contributed by atoms with Gasteiger partial charge in [-0.25, -0.2) is 0 Å². The van der Waals surface area contributed by atoms with Crippen LogP contribution in [0.1, 0.15) is 53.4 Å². The highest BCUT2D eigenvalue weighted by Crippen LogP contribution is 2.57. The minimum absolute atomic E-state index is 0.296. The molecule has 0 heterocycles. The first kappa shape index (κ1) is 11.9. The third kappa shape index (κ3) is 1.65. The molecule has 0 radical (unpaired) electrons. The Morgan fingerprint density at radius 3 is 2.62 bits per heavy atom. The minimum atomic E-state index is 0.296. The summed E-state index contributed by atoms with van der Waals surface area (Å²) in [5.41, 5.74) is 1.29. The number of ketones is 1. The van der Waals surface area contributed by atoms with E-state index in [-0.39, 0.29) is 0 Å². The van der Waals surface area contributed by atoms with Crippen LogP contribution >= 0.6 is 0 Å². The third-order valence-corrected chi connectivity index (χ3v) is 5.15. The van der Waals surface area contributed by atoms with Gasteiger partial charge in [0.1, 0.15) is 0 Å². The Hall–Kier alpha value is -0.590. The Morgan fingerprint density at radius 2 is 2.06 bits per heavy atom. The summed E-state index contributed by atoms with van der Waals surface area (Å²) >= 11 is 0. The van der Waals surface area contributed by atoms with Gasteiger partial charge in [0.2, 0.25) is 0 Å². The van der Waals surface area contributed by atoms with Crippen LogP contribution in [0, 0.1) is 23.2 Å². The van der Waals surface area contributed by atoms with Crippen LogP contribution in [0.5, 0.6) is 0 Å². The van der Waals surface area contributed by atoms with E-state index in [1.165, 1.54) is 12.8 Å². The Balaban J connectivity index is 2.32. The largest absolute Gasteiger partial charge is 0.295 e. The molecule has 2 rings (SSSR count). The molecule has 0 aromatic heterocycles. The molecule has 0 amide bonds. The quantitative estimate of drug-likeness (QED) is 0.653. The molecule has 16 heavy (non-hydrogen) atoms. The maximum Gasteiger partial charge on any atom is 0.158 e. The molecule has 1 nitrogen and oxygen atoms in total. The molecule has 90 valence electrons. The van der Waals surface area contributed by atoms with Crippen LogP contribution in [0.3, 0.4) is 0 Å². The van der Waals surface area contributed by atoms with Crippen molar-refractivity contribution in [2.75, 3.05) is 0 Å². The van der Waals surface area contributed by atoms with Crippen LogP contribution in [0.25, 0.3) is 0 Å². The summed E-state index contributed by atoms with van der Waals surface area (Å²) < 4.78 is 0. The second-order valence-corrected chi connectivity index (χ2v) is 6.25. The Bertz CT molecular complexity index is 326. The molecular formula is C15H24O. The average molecular weight is 220 g/mol. The van der Waals surface area contributed by atoms with Gasteiger partial charge in [0.05, 0.1) is 0 Å². The van der Waals surface area contributed by atoms with Crippen molar-refractivity contribution in [2.45, 2.75) is 53.4 Å². The Kier molecular flexibility index (Phi) is 2.98. The molecule has 1 heteroatoms. The maximum atomic E-state index is 12.0. The Morgan fingerprint density at radius 1 is 1.38 bits per heavy atom. The lowest BCUT2D eigenvalue weighted by molar-refractivity contribution is -0.120. The number of Topliss-reactive ketones (excluding diaryl/α,β-unsaturated/α-hetero) is 1. The summed E-state index contributed by atoms with van der Waals surface area (Å²) in [5.74, 6) is 2.57. The van der Waals surface area contributed by atoms with E-state index >= 15 is 0 Å². The predicted octanol–water partition coefficient (Wildman–Crippen LogP) is 3.98. The molecule has 0 aromatic carbocycles. The van der Waals surface area contributed by atoms with E-state index in [1.807, 2.05) is 6.92 Å². The summed E-state index contributed by atoms with van der Waals surface area (Å²) in [4.78, 5) is 12.0. The number of allylic oxidation sites excluding steroid dienone is 2. The summed E-state index contributed by atoms with van der Waals surface area (Å²) in [6, 6.07) is 0. The highest BCUT2D eigenvalue weighted by molar-refractivity contribution is 5.96. The zero-order valence-corrected chi connectivity index (χ0v) is 11.0. The van der Waals surface area contributed by atoms with Gasteiger partial charge in [0, 0.05) is 6.42 Å². The predicted molar refractivity (Wildman–Crippen MR) is 67.2 cm³/mol. The molecule has 0 aromatic rings. The summed E-state index contributed by atoms with van der Waals surface area (Å²) in [5, 5.41) is 0. The van der Waals surface area contributed by atoms with Gasteiger partial charge in [-0.05, 0) is 54.9 Å². The van der Waals surface area contributed by atoms with Gasteiger partial charge in [0.25, 0.3) is 0 Å². The van der Waals surface area contributed by atoms with Crippen molar-refractivity contribution < 1.29 is 4.79 Å². The number of carbonyl (C=O) groups is 1. The SMILES string of the molecule is CC1=CC[C@@]2(CC1=O)[C@@H](C(C)C)CC[C@@H]2C. The van der Waals surface area contributed by atoms with Gasteiger partial charge in [0.15, 0.2) is 5.78 Å². The molecule has 1 fully saturated rings. The van der Waals surface area contributed by atoms with Gasteiger partial charge >= 0.3 is 0 Å². The van der Waals surface area contributed by atoms with Crippen LogP contribution in [-0.4, -0.2) is 5.78 Å². The fourth-order valence-corrected chi connectivity index (χ4v) is 3.99. The molecule has 0 N–H and O–H groups in total. The molecule has 1 spiro atoms. The fraction of sp³-hybridized carbons (Fsp3) is 0.800. The Labute approximate surface area is 99.3 Å². The van der Waals surface area contributed by atoms with E-state index in [9.17, 15) is 4.79 Å². The molecular weight excluding hydrogens is 196 g/mol. The van der Waals surface area contributed by atoms with E-state index in [0.29, 0.717) is 23.0 Å². The number of hydrogen-bond acceptors (Lipinski definition) is 1. The molecule has 0 unspecified atom stereocenters. The maximum absolute atomic E-state index is 12.0. The highest BCUT2D eigenvalue weighted by atomic mass is 16.1. The van der Waals surface area contributed by atoms with Crippen molar-refractivity contribution in [3.8, 4) is 0 Å². The molecule has 1 saturated carbocycles. The molecule has 0 bridgehead atoms. The van der Waals surface area contributed by atoms with Crippen molar-refractivity contribution in [3.63, 3.8) is 0 Å². The molecule has 2 aliphatic rings. The first-order valence-corrected chi connectivity index (χ1v) is 6.67. The van der Waals surface area contributed by atoms with Crippen LogP contribution in [0.15, 0.2) is 11.6 Å². The van der Waals surface area contributed by atoms with Gasteiger partial charge in [-0.3, -0.25) is 4.79 Å². The van der Waals surface area contributed by atoms with Crippen molar-refractivity contribution in [2.24, 2.45) is 23.2 Å². The summed E-state index contributed by atoms with van der Waals surface area (Å²) in [6.07, 6.45) is 6.76. The van der Waals surface area contributed by atoms with E-state index in [0.717, 1.165) is 24.3 Å². The third-order valence-electron chi connectivity index (χ3n) is 5.15. The van der Waals surface area contributed by atoms with Crippen LogP contribution in [0.2, 0.25) is 0 Å². The standard InChI is InChI=1S/C15H24O/c1-10(2)13-6-5-12(4)15(13)8-7-11(3)14(16)9-15/h7,10,12-13H,5-6,8-9H2,1-4H3/t12-,13+,15-/m0/s1. The lowest BCUT2D eigenvalue weighted by atomic mass is 9.61. The van der Waals surface area contributed by atoms with Crippen LogP contribution in [0.4, 0.5) is 0 Å². The average Bonchev–Trinajstić information content (AvgIpc) is 2.51. The lowest BCUT2D eigenvalue weighted by Gasteiger charge is -2.42. The van der Waals surface area contributed by atoms with Crippen molar-refractivity contribution in [1.82, 2.24) is 0 Å². The number of carbonyl (C=O) groups excluding carboxylic acids is 1. The second kappa shape index (κ2) is 4.01. The minimum Gasteiger partial charge on any atom is -0.295 e. The molecule has 2 aliphatic carbocycles. The lowest BCUT2D eigenvalue weighted by Crippen LogP contribution is -2.38. The van der Waals surface area contributed by atoms with E-state index in [4.69, 9.17) is 0 Å². The van der Waals surface area contributed by atoms with Gasteiger partial charge in [-0.15, -0.1) is 0 Å². The highest BCUT2D eigenvalue weighted by Gasteiger charge is 2.50. The van der Waals surface area contributed by atoms with Crippen molar-refractivity contribution in [1.29, 1.82) is 0 Å². The molecule has 3 atom stereocenters. The van der Waals surface area contributed by atoms with E-state index < -0.39 is 0 Å². The van der Waals surface area contributed by atoms with Gasteiger partial charge in [-0.2, -0.15) is 0 Å². The normalized spacial score (nSPS) is 39.6. The van der Waals surface area contributed by atoms with E-state index in [2.05, 4.69) is 26.8 Å². The topological polar surface area (TPSA) is 17.1 Å². The number of rotatable bonds is 1. The molecule has 0 aliphatic heterocycles. The first-order valence-electron chi connectivity index (χ1n) is 6.67. The first-order chi connectivity index (χ1) is 7.47.